The summed E-state index contributed by atoms with van der Waals surface area (Å²) in [5, 5.41) is 9.62. The van der Waals surface area contributed by atoms with E-state index in [-0.39, 0.29) is 10.9 Å². The van der Waals surface area contributed by atoms with Gasteiger partial charge in [0.15, 0.2) is 0 Å². The molecule has 1 fully saturated rings. The predicted molar refractivity (Wildman–Crippen MR) is 59.5 cm³/mol. The molecule has 6 nitrogen and oxygen atoms in total. The van der Waals surface area contributed by atoms with Crippen molar-refractivity contribution in [2.24, 2.45) is 0 Å². The molecule has 16 heavy (non-hydrogen) atoms. The Morgan fingerprint density at radius 3 is 2.88 bits per heavy atom. The number of hydrogen-bond acceptors (Lipinski definition) is 4. The summed E-state index contributed by atoms with van der Waals surface area (Å²) in [5.41, 5.74) is 0.589. The Hall–Kier alpha value is -0.920. The van der Waals surface area contributed by atoms with Crippen LogP contribution in [0, 0.1) is 6.92 Å². The lowest BCUT2D eigenvalue weighted by atomic mass is 10.3. The third kappa shape index (κ3) is 1.98. The van der Waals surface area contributed by atoms with E-state index < -0.39 is 10.0 Å². The second kappa shape index (κ2) is 4.15. The van der Waals surface area contributed by atoms with Crippen LogP contribution in [0.5, 0.6) is 0 Å². The van der Waals surface area contributed by atoms with Crippen molar-refractivity contribution in [3.8, 4) is 0 Å². The highest BCUT2D eigenvalue weighted by atomic mass is 32.2. The summed E-state index contributed by atoms with van der Waals surface area (Å²) in [5.74, 6) is 0. The summed E-state index contributed by atoms with van der Waals surface area (Å²) in [6.07, 6.45) is 1.37. The van der Waals surface area contributed by atoms with Crippen LogP contribution in [0.1, 0.15) is 12.6 Å². The molecule has 1 aromatic heterocycles. The van der Waals surface area contributed by atoms with Crippen LogP contribution < -0.4 is 5.32 Å². The lowest BCUT2D eigenvalue weighted by Crippen LogP contribution is -2.51. The molecule has 2 heterocycles. The van der Waals surface area contributed by atoms with Gasteiger partial charge in [-0.05, 0) is 13.8 Å². The SMILES string of the molecule is Cc1[nH]ncc1S(=O)(=O)N1CCNC(C)C1. The molecule has 0 spiro atoms. The molecule has 90 valence electrons. The predicted octanol–water partition coefficient (Wildman–Crippen LogP) is -0.299. The smallest absolute Gasteiger partial charge is 0.246 e. The molecule has 1 aromatic rings. The van der Waals surface area contributed by atoms with Gasteiger partial charge in [-0.25, -0.2) is 8.42 Å². The number of sulfonamides is 1. The summed E-state index contributed by atoms with van der Waals surface area (Å²) in [6, 6.07) is 0.190. The number of aryl methyl sites for hydroxylation is 1. The van der Waals surface area contributed by atoms with Crippen LogP contribution in [-0.2, 0) is 10.0 Å². The van der Waals surface area contributed by atoms with Gasteiger partial charge in [-0.15, -0.1) is 0 Å². The summed E-state index contributed by atoms with van der Waals surface area (Å²) in [4.78, 5) is 0.279. The molecular weight excluding hydrogens is 228 g/mol. The number of aromatic nitrogens is 2. The zero-order valence-corrected chi connectivity index (χ0v) is 10.2. The molecule has 2 N–H and O–H groups in total. The summed E-state index contributed by atoms with van der Waals surface area (Å²) in [7, 11) is -3.38. The molecule has 1 atom stereocenters. The van der Waals surface area contributed by atoms with E-state index in [1.165, 1.54) is 10.5 Å². The summed E-state index contributed by atoms with van der Waals surface area (Å²) >= 11 is 0. The highest BCUT2D eigenvalue weighted by Gasteiger charge is 2.30. The van der Waals surface area contributed by atoms with Crippen molar-refractivity contribution < 1.29 is 8.42 Å². The van der Waals surface area contributed by atoms with Gasteiger partial charge in [0.1, 0.15) is 4.90 Å². The first-order valence-corrected chi connectivity index (χ1v) is 6.69. The van der Waals surface area contributed by atoms with E-state index in [0.29, 0.717) is 25.3 Å². The standard InChI is InChI=1S/C9H16N4O2S/c1-7-6-13(4-3-10-7)16(14,15)9-5-11-12-8(9)2/h5,7,10H,3-4,6H2,1-2H3,(H,11,12). The van der Waals surface area contributed by atoms with Crippen LogP contribution in [0.3, 0.4) is 0 Å². The molecule has 2 rings (SSSR count). The Morgan fingerprint density at radius 2 is 2.31 bits per heavy atom. The maximum absolute atomic E-state index is 12.3. The van der Waals surface area contributed by atoms with Crippen molar-refractivity contribution in [2.45, 2.75) is 24.8 Å². The maximum Gasteiger partial charge on any atom is 0.246 e. The van der Waals surface area contributed by atoms with Crippen LogP contribution in [0.4, 0.5) is 0 Å². The van der Waals surface area contributed by atoms with Gasteiger partial charge in [0.25, 0.3) is 0 Å². The molecule has 0 aliphatic carbocycles. The van der Waals surface area contributed by atoms with Crippen LogP contribution in [-0.4, -0.2) is 48.6 Å². The maximum atomic E-state index is 12.3. The Bertz CT molecular complexity index is 468. The highest BCUT2D eigenvalue weighted by Crippen LogP contribution is 2.18. The highest BCUT2D eigenvalue weighted by molar-refractivity contribution is 7.89. The van der Waals surface area contributed by atoms with Crippen LogP contribution in [0.2, 0.25) is 0 Å². The van der Waals surface area contributed by atoms with Crippen LogP contribution >= 0.6 is 0 Å². The van der Waals surface area contributed by atoms with Gasteiger partial charge in [-0.2, -0.15) is 9.40 Å². The van der Waals surface area contributed by atoms with E-state index in [1.807, 2.05) is 6.92 Å². The fourth-order valence-corrected chi connectivity index (χ4v) is 3.50. The van der Waals surface area contributed by atoms with E-state index in [1.54, 1.807) is 6.92 Å². The monoisotopic (exact) mass is 244 g/mol. The number of H-pyrrole nitrogens is 1. The van der Waals surface area contributed by atoms with Crippen molar-refractivity contribution in [1.82, 2.24) is 19.8 Å². The number of aromatic amines is 1. The molecule has 1 saturated heterocycles. The van der Waals surface area contributed by atoms with Crippen molar-refractivity contribution in [3.63, 3.8) is 0 Å². The molecule has 0 aromatic carbocycles. The Kier molecular flexibility index (Phi) is 3.00. The molecular formula is C9H16N4O2S. The molecule has 1 aliphatic rings. The molecule has 0 saturated carbocycles. The normalized spacial score (nSPS) is 23.5. The number of hydrogen-bond donors (Lipinski definition) is 2. The van der Waals surface area contributed by atoms with Gasteiger partial charge in [-0.3, -0.25) is 5.10 Å². The second-order valence-electron chi connectivity index (χ2n) is 4.08. The summed E-state index contributed by atoms with van der Waals surface area (Å²) in [6.45, 7) is 5.40. The van der Waals surface area contributed by atoms with Gasteiger partial charge >= 0.3 is 0 Å². The molecule has 1 aliphatic heterocycles. The lowest BCUT2D eigenvalue weighted by molar-refractivity contribution is 0.310. The average molecular weight is 244 g/mol. The second-order valence-corrected chi connectivity index (χ2v) is 5.98. The quantitative estimate of drug-likeness (QED) is 0.749. The van der Waals surface area contributed by atoms with Crippen LogP contribution in [0.15, 0.2) is 11.1 Å². The zero-order valence-electron chi connectivity index (χ0n) is 9.40. The fraction of sp³-hybridized carbons (Fsp3) is 0.667. The van der Waals surface area contributed by atoms with Gasteiger partial charge in [-0.1, -0.05) is 0 Å². The summed E-state index contributed by atoms with van der Waals surface area (Å²) < 4.78 is 26.0. The minimum Gasteiger partial charge on any atom is -0.312 e. The average Bonchev–Trinajstić information content (AvgIpc) is 2.65. The van der Waals surface area contributed by atoms with E-state index in [4.69, 9.17) is 0 Å². The van der Waals surface area contributed by atoms with Gasteiger partial charge in [0.05, 0.1) is 11.9 Å². The van der Waals surface area contributed by atoms with Gasteiger partial charge in [0.2, 0.25) is 10.0 Å². The molecule has 0 radical (unpaired) electrons. The Labute approximate surface area is 95.1 Å². The van der Waals surface area contributed by atoms with Crippen molar-refractivity contribution in [3.05, 3.63) is 11.9 Å². The number of nitrogens with one attached hydrogen (secondary N) is 2. The van der Waals surface area contributed by atoms with E-state index in [2.05, 4.69) is 15.5 Å². The molecule has 0 amide bonds. The third-order valence-electron chi connectivity index (χ3n) is 2.73. The van der Waals surface area contributed by atoms with E-state index in [9.17, 15) is 8.42 Å². The Balaban J connectivity index is 2.29. The Morgan fingerprint density at radius 1 is 1.56 bits per heavy atom. The van der Waals surface area contributed by atoms with Gasteiger partial charge < -0.3 is 5.32 Å². The minimum atomic E-state index is -3.38. The number of rotatable bonds is 2. The first kappa shape index (κ1) is 11.6. The van der Waals surface area contributed by atoms with Crippen LogP contribution in [0.25, 0.3) is 0 Å². The third-order valence-corrected chi connectivity index (χ3v) is 4.71. The van der Waals surface area contributed by atoms with Crippen molar-refractivity contribution in [2.75, 3.05) is 19.6 Å². The van der Waals surface area contributed by atoms with Gasteiger partial charge in [0, 0.05) is 25.7 Å². The van der Waals surface area contributed by atoms with Crippen molar-refractivity contribution >= 4 is 10.0 Å². The first-order valence-electron chi connectivity index (χ1n) is 5.25. The first-order chi connectivity index (χ1) is 7.51. The zero-order chi connectivity index (χ0) is 11.8. The number of nitrogens with zero attached hydrogens (tertiary/aromatic N) is 2. The molecule has 7 heteroatoms. The number of piperazine rings is 1. The van der Waals surface area contributed by atoms with E-state index in [0.717, 1.165) is 0 Å². The topological polar surface area (TPSA) is 78.1 Å². The fourth-order valence-electron chi connectivity index (χ4n) is 1.85. The largest absolute Gasteiger partial charge is 0.312 e. The molecule has 0 bridgehead atoms. The van der Waals surface area contributed by atoms with Crippen molar-refractivity contribution in [1.29, 1.82) is 0 Å². The molecule has 1 unspecified atom stereocenters. The van der Waals surface area contributed by atoms with E-state index >= 15 is 0 Å². The lowest BCUT2D eigenvalue weighted by Gasteiger charge is -2.30. The minimum absolute atomic E-state index is 0.190.